The van der Waals surface area contributed by atoms with Crippen LogP contribution in [0.2, 0.25) is 0 Å². The molecule has 0 nitrogen and oxygen atoms in total. The van der Waals surface area contributed by atoms with E-state index in [4.69, 9.17) is 0 Å². The molecular weight excluding hydrogens is 269 g/mol. The third-order valence-electron chi connectivity index (χ3n) is 2.17. The van der Waals surface area contributed by atoms with Crippen LogP contribution in [0.3, 0.4) is 0 Å². The molecule has 0 unspecified atom stereocenters. The predicted octanol–water partition coefficient (Wildman–Crippen LogP) is 4.81. The standard InChI is InChI=1S/2C7H11.Ru/c2*1-4-6-7(3)5-2;/h2*4,6H,1-3H3;/b2*6-4+,7-5?;. The Balaban J connectivity index is 4.75. The first kappa shape index (κ1) is 14.6. The molecule has 0 bridgehead atoms. The molecule has 0 aliphatic rings. The van der Waals surface area contributed by atoms with Gasteiger partial charge in [0.05, 0.1) is 0 Å². The fraction of sp³-hybridized carbons (Fsp3) is 0.429. The van der Waals surface area contributed by atoms with Crippen molar-refractivity contribution in [2.24, 2.45) is 0 Å². The third-order valence-corrected chi connectivity index (χ3v) is 4.84. The van der Waals surface area contributed by atoms with Gasteiger partial charge < -0.3 is 0 Å². The first-order valence-corrected chi connectivity index (χ1v) is 6.99. The zero-order valence-corrected chi connectivity index (χ0v) is 12.4. The van der Waals surface area contributed by atoms with E-state index >= 15 is 0 Å². The van der Waals surface area contributed by atoms with Gasteiger partial charge in [-0.3, -0.25) is 0 Å². The van der Waals surface area contributed by atoms with Crippen LogP contribution >= 0.6 is 0 Å². The maximum absolute atomic E-state index is 2.25. The van der Waals surface area contributed by atoms with Crippen molar-refractivity contribution in [1.29, 1.82) is 0 Å². The SMILES string of the molecule is C/C=C/C(C)=[C](\C)[Ru]/[C](C)=C(C)/C=C/C. The Kier molecular flexibility index (Phi) is 7.60. The van der Waals surface area contributed by atoms with E-state index in [1.54, 1.807) is 8.33 Å². The van der Waals surface area contributed by atoms with Gasteiger partial charge in [-0.05, 0) is 0 Å². The van der Waals surface area contributed by atoms with Gasteiger partial charge in [0.15, 0.2) is 0 Å². The van der Waals surface area contributed by atoms with Crippen LogP contribution in [0.5, 0.6) is 0 Å². The molecule has 0 saturated carbocycles. The van der Waals surface area contributed by atoms with Crippen molar-refractivity contribution in [2.45, 2.75) is 41.5 Å². The van der Waals surface area contributed by atoms with Crippen LogP contribution in [0.1, 0.15) is 41.5 Å². The first-order chi connectivity index (χ1) is 7.02. The van der Waals surface area contributed by atoms with Gasteiger partial charge in [0.2, 0.25) is 0 Å². The van der Waals surface area contributed by atoms with Crippen LogP contribution in [0.25, 0.3) is 0 Å². The summed E-state index contributed by atoms with van der Waals surface area (Å²) in [6.07, 6.45) is 8.61. The maximum atomic E-state index is 2.25. The van der Waals surface area contributed by atoms with Crippen LogP contribution in [-0.4, -0.2) is 0 Å². The van der Waals surface area contributed by atoms with Crippen molar-refractivity contribution in [3.8, 4) is 0 Å². The van der Waals surface area contributed by atoms with Gasteiger partial charge in [-0.25, -0.2) is 0 Å². The fourth-order valence-corrected chi connectivity index (χ4v) is 3.02. The van der Waals surface area contributed by atoms with Crippen molar-refractivity contribution in [2.75, 3.05) is 0 Å². The molecule has 0 aromatic carbocycles. The monoisotopic (exact) mass is 292 g/mol. The van der Waals surface area contributed by atoms with Crippen molar-refractivity contribution >= 4 is 0 Å². The fourth-order valence-electron chi connectivity index (χ4n) is 1.06. The summed E-state index contributed by atoms with van der Waals surface area (Å²) in [6.45, 7) is 13.0. The molecule has 0 rings (SSSR count). The van der Waals surface area contributed by atoms with Crippen LogP contribution in [0.4, 0.5) is 0 Å². The zero-order valence-electron chi connectivity index (χ0n) is 10.7. The Bertz CT molecular complexity index is 282. The third kappa shape index (κ3) is 5.89. The van der Waals surface area contributed by atoms with Gasteiger partial charge in [-0.15, -0.1) is 0 Å². The molecule has 0 atom stereocenters. The second-order valence-electron chi connectivity index (χ2n) is 3.48. The molecule has 0 heterocycles. The van der Waals surface area contributed by atoms with Crippen molar-refractivity contribution in [3.05, 3.63) is 43.8 Å². The van der Waals surface area contributed by atoms with E-state index < -0.39 is 0 Å². The molecule has 86 valence electrons. The van der Waals surface area contributed by atoms with Gasteiger partial charge >= 0.3 is 102 Å². The van der Waals surface area contributed by atoms with E-state index in [0.717, 1.165) is 0 Å². The number of hydrogen-bond donors (Lipinski definition) is 0. The van der Waals surface area contributed by atoms with E-state index in [0.29, 0.717) is 0 Å². The Labute approximate surface area is 102 Å². The predicted molar refractivity (Wildman–Crippen MR) is 66.4 cm³/mol. The van der Waals surface area contributed by atoms with E-state index in [2.05, 4.69) is 65.8 Å². The molecule has 15 heavy (non-hydrogen) atoms. The van der Waals surface area contributed by atoms with Crippen LogP contribution in [0, 0.1) is 0 Å². The van der Waals surface area contributed by atoms with Crippen LogP contribution < -0.4 is 0 Å². The molecule has 0 aliphatic heterocycles. The van der Waals surface area contributed by atoms with Crippen LogP contribution in [0.15, 0.2) is 43.8 Å². The summed E-state index contributed by atoms with van der Waals surface area (Å²) in [6, 6.07) is 0. The molecule has 0 saturated heterocycles. The molecule has 0 aliphatic carbocycles. The zero-order chi connectivity index (χ0) is 11.8. The van der Waals surface area contributed by atoms with Crippen molar-refractivity contribution in [1.82, 2.24) is 0 Å². The van der Waals surface area contributed by atoms with E-state index in [9.17, 15) is 0 Å². The summed E-state index contributed by atoms with van der Waals surface area (Å²) in [7, 11) is 0. The Morgan fingerprint density at radius 2 is 1.07 bits per heavy atom. The summed E-state index contributed by atoms with van der Waals surface area (Å²) in [4.78, 5) is 0. The summed E-state index contributed by atoms with van der Waals surface area (Å²) >= 11 is 0.237. The minimum absolute atomic E-state index is 0.237. The quantitative estimate of drug-likeness (QED) is 0.515. The summed E-state index contributed by atoms with van der Waals surface area (Å²) in [5, 5.41) is 0. The molecule has 0 N–H and O–H groups in total. The van der Waals surface area contributed by atoms with Gasteiger partial charge in [-0.2, -0.15) is 0 Å². The van der Waals surface area contributed by atoms with E-state index in [1.807, 2.05) is 0 Å². The van der Waals surface area contributed by atoms with Gasteiger partial charge in [0, 0.05) is 0 Å². The van der Waals surface area contributed by atoms with E-state index in [1.165, 1.54) is 11.1 Å². The molecule has 0 aromatic rings. The molecule has 1 heteroatoms. The van der Waals surface area contributed by atoms with Crippen LogP contribution in [-0.2, 0) is 17.1 Å². The summed E-state index contributed by atoms with van der Waals surface area (Å²) < 4.78 is 3.09. The molecule has 0 radical (unpaired) electrons. The minimum atomic E-state index is 0.237. The van der Waals surface area contributed by atoms with Crippen molar-refractivity contribution < 1.29 is 17.1 Å². The first-order valence-electron chi connectivity index (χ1n) is 5.25. The Hall–Kier alpha value is -0.417. The molecule has 0 amide bonds. The molecular formula is C14H22Ru. The Morgan fingerprint density at radius 3 is 1.33 bits per heavy atom. The summed E-state index contributed by atoms with van der Waals surface area (Å²) in [5.74, 6) is 0. The molecule has 0 aromatic heterocycles. The number of hydrogen-bond acceptors (Lipinski definition) is 0. The molecule has 0 spiro atoms. The number of allylic oxidation sites excluding steroid dienone is 8. The van der Waals surface area contributed by atoms with Gasteiger partial charge in [0.1, 0.15) is 0 Å². The average molecular weight is 291 g/mol. The van der Waals surface area contributed by atoms with Crippen molar-refractivity contribution in [3.63, 3.8) is 0 Å². The summed E-state index contributed by atoms with van der Waals surface area (Å²) in [5.41, 5.74) is 2.84. The topological polar surface area (TPSA) is 0 Å². The molecule has 0 fully saturated rings. The second-order valence-corrected chi connectivity index (χ2v) is 6.53. The second kappa shape index (κ2) is 7.82. The number of rotatable bonds is 4. The van der Waals surface area contributed by atoms with E-state index in [-0.39, 0.29) is 17.1 Å². The van der Waals surface area contributed by atoms with Gasteiger partial charge in [-0.1, -0.05) is 0 Å². The Morgan fingerprint density at radius 1 is 0.733 bits per heavy atom. The normalized spacial score (nSPS) is 16.1. The van der Waals surface area contributed by atoms with Gasteiger partial charge in [0.25, 0.3) is 0 Å². The average Bonchev–Trinajstić information content (AvgIpc) is 2.18.